The van der Waals surface area contributed by atoms with Crippen LogP contribution in [0.2, 0.25) is 0 Å². The van der Waals surface area contributed by atoms with Crippen LogP contribution in [0.15, 0.2) is 22.8 Å². The summed E-state index contributed by atoms with van der Waals surface area (Å²) in [4.78, 5) is 2.60. The average molecular weight is 404 g/mol. The molecule has 1 saturated carbocycles. The van der Waals surface area contributed by atoms with E-state index < -0.39 is 0 Å². The van der Waals surface area contributed by atoms with E-state index in [0.29, 0.717) is 17.5 Å². The molecular formula is C20H35Cl2N3O. The van der Waals surface area contributed by atoms with Gasteiger partial charge in [0.25, 0.3) is 0 Å². The zero-order valence-electron chi connectivity index (χ0n) is 15.8. The summed E-state index contributed by atoms with van der Waals surface area (Å²) in [5, 5.41) is 7.41. The maximum Gasteiger partial charge on any atom is 0.122 e. The molecule has 1 aromatic rings. The normalized spacial score (nSPS) is 24.8. The minimum absolute atomic E-state index is 0. The molecule has 1 unspecified atom stereocenters. The Balaban J connectivity index is 0.00000121. The number of hydrogen-bond donors (Lipinski definition) is 2. The van der Waals surface area contributed by atoms with Gasteiger partial charge in [-0.25, -0.2) is 0 Å². The fraction of sp³-hybridized carbons (Fsp3) is 0.800. The van der Waals surface area contributed by atoms with Gasteiger partial charge >= 0.3 is 0 Å². The van der Waals surface area contributed by atoms with E-state index in [1.165, 1.54) is 77.5 Å². The Hall–Kier alpha value is -0.260. The Bertz CT molecular complexity index is 489. The Morgan fingerprint density at radius 1 is 1.12 bits per heavy atom. The summed E-state index contributed by atoms with van der Waals surface area (Å²) in [6, 6.07) is 5.29. The van der Waals surface area contributed by atoms with Crippen LogP contribution in [0.5, 0.6) is 0 Å². The molecule has 4 nitrogen and oxygen atoms in total. The molecule has 26 heavy (non-hydrogen) atoms. The molecule has 0 aromatic carbocycles. The second kappa shape index (κ2) is 10.3. The van der Waals surface area contributed by atoms with Gasteiger partial charge in [0.15, 0.2) is 0 Å². The topological polar surface area (TPSA) is 40.4 Å². The van der Waals surface area contributed by atoms with Gasteiger partial charge in [0, 0.05) is 12.6 Å². The lowest BCUT2D eigenvalue weighted by Gasteiger charge is -2.43. The number of furan rings is 1. The van der Waals surface area contributed by atoms with Crippen molar-refractivity contribution < 1.29 is 4.42 Å². The van der Waals surface area contributed by atoms with Crippen LogP contribution in [0.1, 0.15) is 63.2 Å². The average Bonchev–Trinajstić information content (AvgIpc) is 3.32. The van der Waals surface area contributed by atoms with Gasteiger partial charge in [0.05, 0.1) is 12.3 Å². The Labute approximate surface area is 170 Å². The van der Waals surface area contributed by atoms with Crippen LogP contribution in [-0.2, 0) is 0 Å². The number of halogens is 2. The van der Waals surface area contributed by atoms with Crippen LogP contribution >= 0.6 is 24.8 Å². The van der Waals surface area contributed by atoms with E-state index in [9.17, 15) is 0 Å². The molecule has 2 saturated heterocycles. The summed E-state index contributed by atoms with van der Waals surface area (Å²) in [6.45, 7) is 5.93. The van der Waals surface area contributed by atoms with E-state index in [0.717, 1.165) is 12.3 Å². The van der Waals surface area contributed by atoms with Crippen molar-refractivity contribution in [3.8, 4) is 0 Å². The van der Waals surface area contributed by atoms with Gasteiger partial charge in [0.2, 0.25) is 0 Å². The smallest absolute Gasteiger partial charge is 0.122 e. The summed E-state index contributed by atoms with van der Waals surface area (Å²) in [5.74, 6) is 1.13. The molecule has 4 rings (SSSR count). The lowest BCUT2D eigenvalue weighted by molar-refractivity contribution is 0.111. The van der Waals surface area contributed by atoms with Gasteiger partial charge in [-0.3, -0.25) is 4.90 Å². The van der Waals surface area contributed by atoms with Crippen molar-refractivity contribution >= 4 is 24.8 Å². The predicted molar refractivity (Wildman–Crippen MR) is 112 cm³/mol. The molecular weight excluding hydrogens is 369 g/mol. The van der Waals surface area contributed by atoms with E-state index in [2.05, 4.69) is 21.6 Å². The fourth-order valence-electron chi connectivity index (χ4n) is 5.11. The van der Waals surface area contributed by atoms with E-state index in [1.807, 2.05) is 12.3 Å². The lowest BCUT2D eigenvalue weighted by atomic mass is 9.67. The molecule has 0 radical (unpaired) electrons. The second-order valence-corrected chi connectivity index (χ2v) is 8.21. The maximum atomic E-state index is 5.75. The van der Waals surface area contributed by atoms with Gasteiger partial charge in [-0.2, -0.15) is 0 Å². The van der Waals surface area contributed by atoms with E-state index >= 15 is 0 Å². The van der Waals surface area contributed by atoms with Crippen molar-refractivity contribution in [1.29, 1.82) is 0 Å². The minimum atomic E-state index is 0. The SMILES string of the molecule is Cl.Cl.c1coc(C(CNC2CCC3(CCNCC3)CC2)N2CCCC2)c1. The third kappa shape index (κ3) is 5.17. The second-order valence-electron chi connectivity index (χ2n) is 8.21. The molecule has 3 fully saturated rings. The first-order chi connectivity index (χ1) is 11.8. The Morgan fingerprint density at radius 2 is 1.81 bits per heavy atom. The molecule has 1 aliphatic carbocycles. The van der Waals surface area contributed by atoms with Crippen molar-refractivity contribution in [3.63, 3.8) is 0 Å². The molecule has 1 spiro atoms. The molecule has 1 atom stereocenters. The summed E-state index contributed by atoms with van der Waals surface area (Å²) < 4.78 is 5.75. The number of piperidine rings is 1. The highest BCUT2D eigenvalue weighted by molar-refractivity contribution is 5.85. The molecule has 0 amide bonds. The van der Waals surface area contributed by atoms with Gasteiger partial charge in [-0.1, -0.05) is 0 Å². The Kier molecular flexibility index (Phi) is 8.75. The highest BCUT2D eigenvalue weighted by Gasteiger charge is 2.36. The maximum absolute atomic E-state index is 5.75. The third-order valence-corrected chi connectivity index (χ3v) is 6.76. The first-order valence-electron chi connectivity index (χ1n) is 10.1. The van der Waals surface area contributed by atoms with Gasteiger partial charge < -0.3 is 15.1 Å². The van der Waals surface area contributed by atoms with Gasteiger partial charge in [-0.05, 0) is 95.1 Å². The first-order valence-corrected chi connectivity index (χ1v) is 10.1. The zero-order valence-corrected chi connectivity index (χ0v) is 17.4. The lowest BCUT2D eigenvalue weighted by Crippen LogP contribution is -2.45. The molecule has 0 bridgehead atoms. The molecule has 2 N–H and O–H groups in total. The fourth-order valence-corrected chi connectivity index (χ4v) is 5.11. The highest BCUT2D eigenvalue weighted by atomic mass is 35.5. The van der Waals surface area contributed by atoms with Crippen molar-refractivity contribution in [2.75, 3.05) is 32.7 Å². The van der Waals surface area contributed by atoms with E-state index in [-0.39, 0.29) is 24.8 Å². The van der Waals surface area contributed by atoms with Crippen LogP contribution in [0, 0.1) is 5.41 Å². The van der Waals surface area contributed by atoms with Crippen LogP contribution < -0.4 is 10.6 Å². The quantitative estimate of drug-likeness (QED) is 0.773. The summed E-state index contributed by atoms with van der Waals surface area (Å²) in [5.41, 5.74) is 0.665. The first kappa shape index (κ1) is 22.0. The summed E-state index contributed by atoms with van der Waals surface area (Å²) in [6.07, 6.45) is 12.8. The van der Waals surface area contributed by atoms with Crippen LogP contribution in [-0.4, -0.2) is 43.7 Å². The van der Waals surface area contributed by atoms with Crippen LogP contribution in [0.25, 0.3) is 0 Å². The molecule has 2 aliphatic heterocycles. The van der Waals surface area contributed by atoms with Crippen molar-refractivity contribution in [1.82, 2.24) is 15.5 Å². The summed E-state index contributed by atoms with van der Waals surface area (Å²) >= 11 is 0. The van der Waals surface area contributed by atoms with Crippen LogP contribution in [0.3, 0.4) is 0 Å². The number of nitrogens with zero attached hydrogens (tertiary/aromatic N) is 1. The molecule has 1 aromatic heterocycles. The number of rotatable bonds is 5. The van der Waals surface area contributed by atoms with Crippen molar-refractivity contribution in [2.24, 2.45) is 5.41 Å². The molecule has 3 heterocycles. The minimum Gasteiger partial charge on any atom is -0.468 e. The number of nitrogens with one attached hydrogen (secondary N) is 2. The van der Waals surface area contributed by atoms with E-state index in [1.54, 1.807) is 0 Å². The highest BCUT2D eigenvalue weighted by Crippen LogP contribution is 2.43. The van der Waals surface area contributed by atoms with Gasteiger partial charge in [0.1, 0.15) is 5.76 Å². The van der Waals surface area contributed by atoms with Gasteiger partial charge in [-0.15, -0.1) is 24.8 Å². The van der Waals surface area contributed by atoms with Crippen molar-refractivity contribution in [3.05, 3.63) is 24.2 Å². The molecule has 3 aliphatic rings. The molecule has 150 valence electrons. The third-order valence-electron chi connectivity index (χ3n) is 6.76. The monoisotopic (exact) mass is 403 g/mol. The predicted octanol–water partition coefficient (Wildman–Crippen LogP) is 4.16. The van der Waals surface area contributed by atoms with Crippen LogP contribution in [0.4, 0.5) is 0 Å². The Morgan fingerprint density at radius 3 is 2.42 bits per heavy atom. The van der Waals surface area contributed by atoms with Crippen molar-refractivity contribution in [2.45, 2.75) is 63.5 Å². The zero-order chi connectivity index (χ0) is 16.2. The standard InChI is InChI=1S/C20H33N3O.2ClH/c1-2-14-23(13-1)18(19-4-3-15-24-19)16-22-17-5-7-20(8-6-17)9-11-21-12-10-20;;/h3-4,15,17-18,21-22H,1-2,5-14,16H2;2*1H. The molecule has 6 heteroatoms. The number of likely N-dealkylation sites (tertiary alicyclic amines) is 1. The number of hydrogen-bond acceptors (Lipinski definition) is 4. The largest absolute Gasteiger partial charge is 0.468 e. The van der Waals surface area contributed by atoms with E-state index in [4.69, 9.17) is 4.42 Å². The summed E-state index contributed by atoms with van der Waals surface area (Å²) in [7, 11) is 0.